The average Bonchev–Trinajstić information content (AvgIpc) is 3.03. The second-order valence-corrected chi connectivity index (χ2v) is 5.91. The highest BCUT2D eigenvalue weighted by molar-refractivity contribution is 5.85. The van der Waals surface area contributed by atoms with Crippen molar-refractivity contribution in [2.45, 2.75) is 18.7 Å². The van der Waals surface area contributed by atoms with E-state index in [2.05, 4.69) is 0 Å². The van der Waals surface area contributed by atoms with Gasteiger partial charge in [-0.05, 0) is 24.3 Å². The van der Waals surface area contributed by atoms with Gasteiger partial charge in [0, 0.05) is 5.56 Å². The van der Waals surface area contributed by atoms with Crippen molar-refractivity contribution in [2.24, 2.45) is 5.92 Å². The van der Waals surface area contributed by atoms with Gasteiger partial charge in [0.1, 0.15) is 23.5 Å². The van der Waals surface area contributed by atoms with Crippen molar-refractivity contribution >= 4 is 11.9 Å². The molecule has 5 nitrogen and oxygen atoms in total. The van der Waals surface area contributed by atoms with Gasteiger partial charge in [0.05, 0.1) is 19.1 Å². The van der Waals surface area contributed by atoms with Crippen LogP contribution in [-0.4, -0.2) is 19.0 Å². The number of rotatable bonds is 4. The molecule has 1 aliphatic rings. The summed E-state index contributed by atoms with van der Waals surface area (Å²) < 4.78 is 54.0. The number of hydrogen-bond acceptors (Lipinski definition) is 5. The topological polar surface area (TPSA) is 61.8 Å². The largest absolute Gasteiger partial charge is 0.496 e. The second-order valence-electron chi connectivity index (χ2n) is 5.91. The molecule has 2 atom stereocenters. The fourth-order valence-electron chi connectivity index (χ4n) is 2.87. The van der Waals surface area contributed by atoms with Crippen molar-refractivity contribution in [3.63, 3.8) is 0 Å². The second kappa shape index (κ2) is 7.30. The minimum atomic E-state index is -4.56. The number of methoxy groups -OCH3 is 1. The van der Waals surface area contributed by atoms with Gasteiger partial charge < -0.3 is 14.2 Å². The molecule has 1 aliphatic heterocycles. The van der Waals surface area contributed by atoms with Crippen LogP contribution in [-0.2, 0) is 20.5 Å². The van der Waals surface area contributed by atoms with E-state index in [0.29, 0.717) is 11.3 Å². The molecule has 1 saturated heterocycles. The summed E-state index contributed by atoms with van der Waals surface area (Å²) in [7, 11) is 1.44. The standard InChI is InChI=1S/C19H15F3O5/c1-25-15-8-3-2-7-13(15)17-14(10-16(23)27-17)18(24)26-12-6-4-5-11(9-12)19(20,21)22/h2-9,14,17H,10H2,1H3/t14-,17?/m1/s1. The van der Waals surface area contributed by atoms with Gasteiger partial charge in [-0.1, -0.05) is 24.3 Å². The summed E-state index contributed by atoms with van der Waals surface area (Å²) in [4.78, 5) is 24.3. The van der Waals surface area contributed by atoms with Gasteiger partial charge in [-0.15, -0.1) is 0 Å². The molecule has 0 N–H and O–H groups in total. The first-order valence-electron chi connectivity index (χ1n) is 8.01. The van der Waals surface area contributed by atoms with Gasteiger partial charge >= 0.3 is 18.1 Å². The first kappa shape index (κ1) is 18.8. The van der Waals surface area contributed by atoms with E-state index in [1.54, 1.807) is 24.3 Å². The number of alkyl halides is 3. The summed E-state index contributed by atoms with van der Waals surface area (Å²) in [5.74, 6) is -2.28. The lowest BCUT2D eigenvalue weighted by molar-refractivity contribution is -0.144. The summed E-state index contributed by atoms with van der Waals surface area (Å²) in [6.45, 7) is 0. The van der Waals surface area contributed by atoms with Crippen LogP contribution in [0.2, 0.25) is 0 Å². The molecule has 0 amide bonds. The highest BCUT2D eigenvalue weighted by Crippen LogP contribution is 2.40. The third kappa shape index (κ3) is 4.05. The summed E-state index contributed by atoms with van der Waals surface area (Å²) >= 11 is 0. The molecular formula is C19H15F3O5. The summed E-state index contributed by atoms with van der Waals surface area (Å²) in [5.41, 5.74) is -0.454. The Bertz CT molecular complexity index is 862. The van der Waals surface area contributed by atoms with E-state index in [1.165, 1.54) is 13.2 Å². The Labute approximate surface area is 152 Å². The average molecular weight is 380 g/mol. The fourth-order valence-corrected chi connectivity index (χ4v) is 2.87. The van der Waals surface area contributed by atoms with Gasteiger partial charge in [-0.2, -0.15) is 13.2 Å². The van der Waals surface area contributed by atoms with E-state index in [4.69, 9.17) is 14.2 Å². The van der Waals surface area contributed by atoms with Gasteiger partial charge in [0.2, 0.25) is 0 Å². The number of hydrogen-bond donors (Lipinski definition) is 0. The number of esters is 2. The van der Waals surface area contributed by atoms with E-state index in [-0.39, 0.29) is 12.2 Å². The highest BCUT2D eigenvalue weighted by Gasteiger charge is 2.43. The molecule has 0 bridgehead atoms. The van der Waals surface area contributed by atoms with Crippen molar-refractivity contribution in [1.82, 2.24) is 0 Å². The maximum atomic E-state index is 12.8. The lowest BCUT2D eigenvalue weighted by Crippen LogP contribution is -2.24. The maximum absolute atomic E-state index is 12.8. The van der Waals surface area contributed by atoms with Crippen LogP contribution in [0.4, 0.5) is 13.2 Å². The Balaban J connectivity index is 1.84. The van der Waals surface area contributed by atoms with Gasteiger partial charge in [0.15, 0.2) is 0 Å². The number of carbonyl (C=O) groups excluding carboxylic acids is 2. The highest BCUT2D eigenvalue weighted by atomic mass is 19.4. The molecule has 2 aromatic rings. The Morgan fingerprint density at radius 3 is 2.59 bits per heavy atom. The van der Waals surface area contributed by atoms with Crippen molar-refractivity contribution in [3.8, 4) is 11.5 Å². The van der Waals surface area contributed by atoms with Crippen LogP contribution in [0.25, 0.3) is 0 Å². The molecule has 142 valence electrons. The SMILES string of the molecule is COc1ccccc1C1OC(=O)C[C@H]1C(=O)Oc1cccc(C(F)(F)F)c1. The minimum absolute atomic E-state index is 0.236. The maximum Gasteiger partial charge on any atom is 0.416 e. The van der Waals surface area contributed by atoms with Crippen LogP contribution in [0, 0.1) is 5.92 Å². The zero-order chi connectivity index (χ0) is 19.6. The van der Waals surface area contributed by atoms with Crippen molar-refractivity contribution in [3.05, 3.63) is 59.7 Å². The third-order valence-electron chi connectivity index (χ3n) is 4.14. The van der Waals surface area contributed by atoms with Crippen LogP contribution in [0.15, 0.2) is 48.5 Å². The zero-order valence-electron chi connectivity index (χ0n) is 14.2. The van der Waals surface area contributed by atoms with E-state index in [1.807, 2.05) is 0 Å². The molecule has 27 heavy (non-hydrogen) atoms. The van der Waals surface area contributed by atoms with Gasteiger partial charge in [0.25, 0.3) is 0 Å². The normalized spacial score (nSPS) is 19.5. The molecule has 0 spiro atoms. The van der Waals surface area contributed by atoms with Gasteiger partial charge in [-0.3, -0.25) is 9.59 Å². The number of halogens is 3. The number of para-hydroxylation sites is 1. The number of cyclic esters (lactones) is 1. The summed E-state index contributed by atoms with van der Waals surface area (Å²) in [6.07, 6.45) is -5.73. The smallest absolute Gasteiger partial charge is 0.416 e. The quantitative estimate of drug-likeness (QED) is 0.594. The molecule has 1 heterocycles. The molecular weight excluding hydrogens is 365 g/mol. The molecule has 1 unspecified atom stereocenters. The van der Waals surface area contributed by atoms with Crippen molar-refractivity contribution < 1.29 is 37.0 Å². The Morgan fingerprint density at radius 1 is 1.15 bits per heavy atom. The number of ether oxygens (including phenoxy) is 3. The predicted molar refractivity (Wildman–Crippen MR) is 87.0 cm³/mol. The van der Waals surface area contributed by atoms with Crippen LogP contribution in [0.1, 0.15) is 23.7 Å². The molecule has 1 fully saturated rings. The Hall–Kier alpha value is -3.03. The molecule has 0 aromatic heterocycles. The third-order valence-corrected chi connectivity index (χ3v) is 4.14. The molecule has 3 rings (SSSR count). The van der Waals surface area contributed by atoms with Crippen molar-refractivity contribution in [2.75, 3.05) is 7.11 Å². The van der Waals surface area contributed by atoms with E-state index >= 15 is 0 Å². The summed E-state index contributed by atoms with van der Waals surface area (Å²) in [5, 5.41) is 0. The Kier molecular flexibility index (Phi) is 5.07. The Morgan fingerprint density at radius 2 is 1.89 bits per heavy atom. The molecule has 0 saturated carbocycles. The minimum Gasteiger partial charge on any atom is -0.496 e. The van der Waals surface area contributed by atoms with Crippen LogP contribution in [0.3, 0.4) is 0 Å². The van der Waals surface area contributed by atoms with Crippen LogP contribution < -0.4 is 9.47 Å². The molecule has 0 radical (unpaired) electrons. The number of carbonyl (C=O) groups is 2. The lowest BCUT2D eigenvalue weighted by Gasteiger charge is -2.19. The van der Waals surface area contributed by atoms with E-state index in [0.717, 1.165) is 18.2 Å². The van der Waals surface area contributed by atoms with Crippen LogP contribution in [0.5, 0.6) is 11.5 Å². The molecule has 8 heteroatoms. The zero-order valence-corrected chi connectivity index (χ0v) is 14.2. The first-order chi connectivity index (χ1) is 12.8. The van der Waals surface area contributed by atoms with E-state index in [9.17, 15) is 22.8 Å². The van der Waals surface area contributed by atoms with Crippen LogP contribution >= 0.6 is 0 Å². The lowest BCUT2D eigenvalue weighted by atomic mass is 9.94. The monoisotopic (exact) mass is 380 g/mol. The van der Waals surface area contributed by atoms with Gasteiger partial charge in [-0.25, -0.2) is 0 Å². The predicted octanol–water partition coefficient (Wildman–Crippen LogP) is 3.92. The first-order valence-corrected chi connectivity index (χ1v) is 8.01. The fraction of sp³-hybridized carbons (Fsp3) is 0.263. The number of benzene rings is 2. The van der Waals surface area contributed by atoms with E-state index < -0.39 is 35.7 Å². The molecule has 0 aliphatic carbocycles. The molecule has 2 aromatic carbocycles. The summed E-state index contributed by atoms with van der Waals surface area (Å²) in [6, 6.07) is 10.7. The van der Waals surface area contributed by atoms with Crippen molar-refractivity contribution in [1.29, 1.82) is 0 Å².